The van der Waals surface area contributed by atoms with E-state index in [2.05, 4.69) is 46.7 Å². The number of nitrogens with zero attached hydrogens (tertiary/aromatic N) is 2. The molecule has 0 bridgehead atoms. The van der Waals surface area contributed by atoms with Gasteiger partial charge in [0.25, 0.3) is 0 Å². The Bertz CT molecular complexity index is 901. The lowest BCUT2D eigenvalue weighted by atomic mass is 9.90. The van der Waals surface area contributed by atoms with Crippen LogP contribution in [0.3, 0.4) is 0 Å². The number of piperidine rings is 1. The van der Waals surface area contributed by atoms with Crippen LogP contribution < -0.4 is 5.32 Å². The van der Waals surface area contributed by atoms with E-state index in [0.29, 0.717) is 5.92 Å². The van der Waals surface area contributed by atoms with Gasteiger partial charge in [0.15, 0.2) is 0 Å². The zero-order valence-electron chi connectivity index (χ0n) is 14.3. The molecular weight excluding hydrogens is 312 g/mol. The molecule has 2 N–H and O–H groups in total. The largest absolute Gasteiger partial charge is 0.324 e. The van der Waals surface area contributed by atoms with Crippen LogP contribution in [0.1, 0.15) is 29.9 Å². The van der Waals surface area contributed by atoms with Crippen molar-refractivity contribution in [1.29, 1.82) is 0 Å². The fourth-order valence-corrected chi connectivity index (χ4v) is 3.63. The molecular formula is C20H22N4O. The van der Waals surface area contributed by atoms with Crippen molar-refractivity contribution in [2.45, 2.75) is 25.7 Å². The molecule has 5 nitrogen and oxygen atoms in total. The molecule has 0 unspecified atom stereocenters. The van der Waals surface area contributed by atoms with E-state index in [4.69, 9.17) is 0 Å². The van der Waals surface area contributed by atoms with Crippen molar-refractivity contribution in [3.8, 4) is 0 Å². The van der Waals surface area contributed by atoms with E-state index in [1.54, 1.807) is 6.20 Å². The predicted octanol–water partition coefficient (Wildman–Crippen LogP) is 4.28. The number of benzene rings is 2. The molecule has 0 spiro atoms. The molecule has 0 radical (unpaired) electrons. The molecule has 1 aromatic heterocycles. The van der Waals surface area contributed by atoms with Crippen molar-refractivity contribution in [2.24, 2.45) is 0 Å². The fourth-order valence-electron chi connectivity index (χ4n) is 3.63. The van der Waals surface area contributed by atoms with Gasteiger partial charge in [-0.25, -0.2) is 4.79 Å². The van der Waals surface area contributed by atoms with E-state index in [-0.39, 0.29) is 6.03 Å². The third-order valence-corrected chi connectivity index (χ3v) is 4.94. The summed E-state index contributed by atoms with van der Waals surface area (Å²) in [6, 6.07) is 14.4. The van der Waals surface area contributed by atoms with Gasteiger partial charge in [0, 0.05) is 24.4 Å². The Morgan fingerprint density at radius 1 is 1.28 bits per heavy atom. The molecule has 0 aliphatic carbocycles. The molecule has 4 rings (SSSR count). The number of rotatable bonds is 2. The van der Waals surface area contributed by atoms with Crippen LogP contribution in [0.25, 0.3) is 10.9 Å². The molecule has 2 heterocycles. The lowest BCUT2D eigenvalue weighted by Crippen LogP contribution is -2.41. The molecule has 1 fully saturated rings. The molecule has 0 saturated carbocycles. The number of hydrogen-bond donors (Lipinski definition) is 2. The Morgan fingerprint density at radius 3 is 3.04 bits per heavy atom. The minimum absolute atomic E-state index is 0.0422. The lowest BCUT2D eigenvalue weighted by molar-refractivity contribution is 0.193. The van der Waals surface area contributed by atoms with Gasteiger partial charge < -0.3 is 10.2 Å². The number of H-pyrrole nitrogens is 1. The number of carbonyl (C=O) groups excluding carboxylic acids is 1. The van der Waals surface area contributed by atoms with E-state index in [0.717, 1.165) is 42.5 Å². The second kappa shape index (κ2) is 6.59. The fraction of sp³-hybridized carbons (Fsp3) is 0.300. The Labute approximate surface area is 147 Å². The van der Waals surface area contributed by atoms with Gasteiger partial charge in [-0.1, -0.05) is 42.0 Å². The molecule has 2 aromatic carbocycles. The van der Waals surface area contributed by atoms with Crippen molar-refractivity contribution in [3.63, 3.8) is 0 Å². The topological polar surface area (TPSA) is 61.0 Å². The molecule has 1 aliphatic rings. The normalized spacial score (nSPS) is 17.6. The second-order valence-electron chi connectivity index (χ2n) is 6.77. The zero-order chi connectivity index (χ0) is 17.2. The highest BCUT2D eigenvalue weighted by Crippen LogP contribution is 2.28. The predicted molar refractivity (Wildman–Crippen MR) is 99.8 cm³/mol. The first-order chi connectivity index (χ1) is 12.2. The number of fused-ring (bicyclic) bond motifs is 1. The Kier molecular flexibility index (Phi) is 4.14. The van der Waals surface area contributed by atoms with Crippen LogP contribution in [0.4, 0.5) is 10.5 Å². The van der Waals surface area contributed by atoms with Gasteiger partial charge in [0.1, 0.15) is 0 Å². The molecule has 128 valence electrons. The molecule has 1 aliphatic heterocycles. The monoisotopic (exact) mass is 334 g/mol. The second-order valence-corrected chi connectivity index (χ2v) is 6.77. The van der Waals surface area contributed by atoms with Crippen molar-refractivity contribution >= 4 is 22.6 Å². The quantitative estimate of drug-likeness (QED) is 0.735. The summed E-state index contributed by atoms with van der Waals surface area (Å²) in [5, 5.41) is 11.0. The number of para-hydroxylation sites is 1. The van der Waals surface area contributed by atoms with E-state index < -0.39 is 0 Å². The van der Waals surface area contributed by atoms with Gasteiger partial charge in [-0.2, -0.15) is 5.10 Å². The molecule has 5 heteroatoms. The maximum absolute atomic E-state index is 12.8. The van der Waals surface area contributed by atoms with Crippen LogP contribution in [-0.4, -0.2) is 34.2 Å². The number of anilines is 1. The Hall–Kier alpha value is -2.82. The Balaban J connectivity index is 1.49. The van der Waals surface area contributed by atoms with Crippen LogP contribution >= 0.6 is 0 Å². The first kappa shape index (κ1) is 15.7. The minimum Gasteiger partial charge on any atom is -0.324 e. The van der Waals surface area contributed by atoms with E-state index in [1.165, 1.54) is 11.1 Å². The standard InChI is InChI=1S/C20H22N4O/c1-14-5-2-6-15(11-14)17-8-4-10-24(13-17)20(25)22-18-9-3-7-16-12-21-23-19(16)18/h2-3,5-7,9,11-12,17H,4,8,10,13H2,1H3,(H,21,23)(H,22,25)/t17-/m0/s1. The molecule has 1 saturated heterocycles. The average Bonchev–Trinajstić information content (AvgIpc) is 3.12. The van der Waals surface area contributed by atoms with E-state index in [9.17, 15) is 4.79 Å². The summed E-state index contributed by atoms with van der Waals surface area (Å²) in [4.78, 5) is 14.7. The van der Waals surface area contributed by atoms with Gasteiger partial charge in [0.05, 0.1) is 17.4 Å². The number of aromatic amines is 1. The number of amides is 2. The van der Waals surface area contributed by atoms with Crippen LogP contribution in [0, 0.1) is 6.92 Å². The summed E-state index contributed by atoms with van der Waals surface area (Å²) in [5.41, 5.74) is 4.24. The summed E-state index contributed by atoms with van der Waals surface area (Å²) in [7, 11) is 0. The number of nitrogens with one attached hydrogen (secondary N) is 2. The molecule has 2 amide bonds. The number of carbonyl (C=O) groups is 1. The van der Waals surface area contributed by atoms with Crippen LogP contribution in [0.15, 0.2) is 48.7 Å². The smallest absolute Gasteiger partial charge is 0.321 e. The van der Waals surface area contributed by atoms with Crippen molar-refractivity contribution in [2.75, 3.05) is 18.4 Å². The van der Waals surface area contributed by atoms with E-state index in [1.807, 2.05) is 23.1 Å². The third kappa shape index (κ3) is 3.22. The van der Waals surface area contributed by atoms with Crippen LogP contribution in [-0.2, 0) is 0 Å². The summed E-state index contributed by atoms with van der Waals surface area (Å²) in [6.45, 7) is 3.67. The number of urea groups is 1. The van der Waals surface area contributed by atoms with Gasteiger partial charge in [-0.05, 0) is 31.4 Å². The van der Waals surface area contributed by atoms with Crippen molar-refractivity contribution in [1.82, 2.24) is 15.1 Å². The first-order valence-electron chi connectivity index (χ1n) is 8.75. The number of aryl methyl sites for hydroxylation is 1. The highest BCUT2D eigenvalue weighted by atomic mass is 16.2. The maximum atomic E-state index is 12.8. The van der Waals surface area contributed by atoms with E-state index >= 15 is 0 Å². The average molecular weight is 334 g/mol. The summed E-state index contributed by atoms with van der Waals surface area (Å²) >= 11 is 0. The van der Waals surface area contributed by atoms with Crippen LogP contribution in [0.2, 0.25) is 0 Å². The van der Waals surface area contributed by atoms with Gasteiger partial charge in [0.2, 0.25) is 0 Å². The number of likely N-dealkylation sites (tertiary alicyclic amines) is 1. The van der Waals surface area contributed by atoms with Crippen molar-refractivity contribution < 1.29 is 4.79 Å². The Morgan fingerprint density at radius 2 is 2.16 bits per heavy atom. The number of aromatic nitrogens is 2. The molecule has 1 atom stereocenters. The SMILES string of the molecule is Cc1cccc([C@H]2CCCN(C(=O)Nc3cccc4cn[nH]c34)C2)c1. The first-order valence-corrected chi connectivity index (χ1v) is 8.75. The van der Waals surface area contributed by atoms with Gasteiger partial charge in [-0.3, -0.25) is 5.10 Å². The zero-order valence-corrected chi connectivity index (χ0v) is 14.3. The summed E-state index contributed by atoms with van der Waals surface area (Å²) < 4.78 is 0. The highest BCUT2D eigenvalue weighted by molar-refractivity contribution is 5.99. The molecule has 25 heavy (non-hydrogen) atoms. The summed E-state index contributed by atoms with van der Waals surface area (Å²) in [5.74, 6) is 0.405. The van der Waals surface area contributed by atoms with Gasteiger partial charge in [-0.15, -0.1) is 0 Å². The van der Waals surface area contributed by atoms with Crippen molar-refractivity contribution in [3.05, 3.63) is 59.8 Å². The third-order valence-electron chi connectivity index (χ3n) is 4.94. The molecule has 3 aromatic rings. The summed E-state index contributed by atoms with van der Waals surface area (Å²) in [6.07, 6.45) is 3.92. The van der Waals surface area contributed by atoms with Crippen LogP contribution in [0.5, 0.6) is 0 Å². The highest BCUT2D eigenvalue weighted by Gasteiger charge is 2.25. The minimum atomic E-state index is -0.0422. The number of hydrogen-bond acceptors (Lipinski definition) is 2. The lowest BCUT2D eigenvalue weighted by Gasteiger charge is -2.33. The van der Waals surface area contributed by atoms with Gasteiger partial charge >= 0.3 is 6.03 Å². The maximum Gasteiger partial charge on any atom is 0.321 e.